The van der Waals surface area contributed by atoms with Gasteiger partial charge in [-0.2, -0.15) is 0 Å². The predicted octanol–water partition coefficient (Wildman–Crippen LogP) is 1.71. The molecule has 5 heteroatoms. The molecule has 22 heavy (non-hydrogen) atoms. The van der Waals surface area contributed by atoms with Crippen molar-refractivity contribution in [3.8, 4) is 0 Å². The zero-order valence-corrected chi connectivity index (χ0v) is 12.7. The van der Waals surface area contributed by atoms with Crippen LogP contribution in [0.1, 0.15) is 36.8 Å². The van der Waals surface area contributed by atoms with Crippen LogP contribution in [0.3, 0.4) is 0 Å². The Labute approximate surface area is 130 Å². The minimum Gasteiger partial charge on any atom is -0.392 e. The van der Waals surface area contributed by atoms with E-state index >= 15 is 0 Å². The molecule has 0 bridgehead atoms. The van der Waals surface area contributed by atoms with Gasteiger partial charge in [-0.3, -0.25) is 4.79 Å². The second-order valence-corrected chi connectivity index (χ2v) is 6.50. The van der Waals surface area contributed by atoms with E-state index in [2.05, 4.69) is 10.6 Å². The Morgan fingerprint density at radius 2 is 2.32 bits per heavy atom. The number of benzene rings is 1. The normalized spacial score (nSPS) is 27.5. The van der Waals surface area contributed by atoms with E-state index in [4.69, 9.17) is 5.11 Å². The van der Waals surface area contributed by atoms with Crippen molar-refractivity contribution >= 4 is 5.91 Å². The number of fused-ring (bicyclic) bond motifs is 1. The SMILES string of the molecule is O=C(NCc1ccc(CO)c(F)c1)[C@@]12CCCC[C@H]1CNC2. The van der Waals surface area contributed by atoms with Gasteiger partial charge < -0.3 is 15.7 Å². The lowest BCUT2D eigenvalue weighted by molar-refractivity contribution is -0.134. The Hall–Kier alpha value is -1.46. The van der Waals surface area contributed by atoms with E-state index in [9.17, 15) is 9.18 Å². The van der Waals surface area contributed by atoms with Crippen LogP contribution in [0.2, 0.25) is 0 Å². The molecule has 1 heterocycles. The molecule has 1 aromatic carbocycles. The van der Waals surface area contributed by atoms with Crippen molar-refractivity contribution in [1.29, 1.82) is 0 Å². The zero-order valence-electron chi connectivity index (χ0n) is 12.7. The molecular formula is C17H23FN2O2. The van der Waals surface area contributed by atoms with Crippen molar-refractivity contribution in [1.82, 2.24) is 10.6 Å². The van der Waals surface area contributed by atoms with Gasteiger partial charge in [-0.1, -0.05) is 25.0 Å². The van der Waals surface area contributed by atoms with Crippen LogP contribution in [-0.4, -0.2) is 24.1 Å². The number of aliphatic hydroxyl groups is 1. The Morgan fingerprint density at radius 1 is 1.45 bits per heavy atom. The summed E-state index contributed by atoms with van der Waals surface area (Å²) in [4.78, 5) is 12.7. The van der Waals surface area contributed by atoms with Crippen molar-refractivity contribution in [2.45, 2.75) is 38.8 Å². The Bertz CT molecular complexity index is 564. The maximum absolute atomic E-state index is 13.7. The minimum atomic E-state index is -0.425. The van der Waals surface area contributed by atoms with Gasteiger partial charge in [0.05, 0.1) is 12.0 Å². The molecular weight excluding hydrogens is 283 g/mol. The third-order valence-electron chi connectivity index (χ3n) is 5.23. The number of hydrogen-bond donors (Lipinski definition) is 3. The van der Waals surface area contributed by atoms with Gasteiger partial charge in [0.15, 0.2) is 0 Å². The third-order valence-corrected chi connectivity index (χ3v) is 5.23. The van der Waals surface area contributed by atoms with Crippen LogP contribution in [0.15, 0.2) is 18.2 Å². The number of hydrogen-bond acceptors (Lipinski definition) is 3. The van der Waals surface area contributed by atoms with E-state index in [0.29, 0.717) is 12.5 Å². The highest BCUT2D eigenvalue weighted by Crippen LogP contribution is 2.43. The first-order valence-electron chi connectivity index (χ1n) is 8.03. The molecule has 1 aromatic rings. The van der Waals surface area contributed by atoms with Crippen LogP contribution in [0.5, 0.6) is 0 Å². The molecule has 0 spiro atoms. The molecule has 1 aliphatic carbocycles. The average molecular weight is 306 g/mol. The molecule has 1 amide bonds. The van der Waals surface area contributed by atoms with Crippen LogP contribution < -0.4 is 10.6 Å². The van der Waals surface area contributed by atoms with Crippen molar-refractivity contribution in [3.05, 3.63) is 35.1 Å². The molecule has 0 unspecified atom stereocenters. The van der Waals surface area contributed by atoms with E-state index in [1.165, 1.54) is 12.5 Å². The molecule has 4 nitrogen and oxygen atoms in total. The summed E-state index contributed by atoms with van der Waals surface area (Å²) >= 11 is 0. The van der Waals surface area contributed by atoms with E-state index in [1.54, 1.807) is 12.1 Å². The predicted molar refractivity (Wildman–Crippen MR) is 81.4 cm³/mol. The summed E-state index contributed by atoms with van der Waals surface area (Å²) in [5, 5.41) is 15.3. The Morgan fingerprint density at radius 3 is 3.09 bits per heavy atom. The second-order valence-electron chi connectivity index (χ2n) is 6.50. The van der Waals surface area contributed by atoms with Gasteiger partial charge in [0.25, 0.3) is 0 Å². The number of aliphatic hydroxyl groups excluding tert-OH is 1. The maximum Gasteiger partial charge on any atom is 0.228 e. The van der Waals surface area contributed by atoms with Crippen molar-refractivity contribution in [2.24, 2.45) is 11.3 Å². The topological polar surface area (TPSA) is 61.4 Å². The molecule has 2 aliphatic rings. The fourth-order valence-corrected chi connectivity index (χ4v) is 3.88. The lowest BCUT2D eigenvalue weighted by Gasteiger charge is -2.37. The van der Waals surface area contributed by atoms with Crippen molar-refractivity contribution in [2.75, 3.05) is 13.1 Å². The van der Waals surface area contributed by atoms with Gasteiger partial charge >= 0.3 is 0 Å². The molecule has 2 fully saturated rings. The molecule has 3 N–H and O–H groups in total. The molecule has 2 atom stereocenters. The molecule has 1 saturated heterocycles. The van der Waals surface area contributed by atoms with E-state index in [-0.39, 0.29) is 23.5 Å². The maximum atomic E-state index is 13.7. The molecule has 0 radical (unpaired) electrons. The molecule has 3 rings (SSSR count). The first-order chi connectivity index (χ1) is 10.7. The van der Waals surface area contributed by atoms with E-state index in [0.717, 1.165) is 37.9 Å². The van der Waals surface area contributed by atoms with E-state index < -0.39 is 5.82 Å². The highest BCUT2D eigenvalue weighted by Gasteiger charge is 2.49. The number of carbonyl (C=O) groups excluding carboxylic acids is 1. The number of amides is 1. The van der Waals surface area contributed by atoms with Crippen LogP contribution in [-0.2, 0) is 17.9 Å². The van der Waals surface area contributed by atoms with Gasteiger partial charge in [-0.05, 0) is 36.9 Å². The van der Waals surface area contributed by atoms with Crippen LogP contribution in [0.25, 0.3) is 0 Å². The highest BCUT2D eigenvalue weighted by atomic mass is 19.1. The molecule has 1 saturated carbocycles. The van der Waals surface area contributed by atoms with Crippen LogP contribution >= 0.6 is 0 Å². The smallest absolute Gasteiger partial charge is 0.228 e. The molecule has 1 aliphatic heterocycles. The Balaban J connectivity index is 1.66. The number of rotatable bonds is 4. The van der Waals surface area contributed by atoms with Gasteiger partial charge in [0, 0.05) is 18.7 Å². The van der Waals surface area contributed by atoms with Crippen LogP contribution in [0, 0.1) is 17.2 Å². The largest absolute Gasteiger partial charge is 0.392 e. The fraction of sp³-hybridized carbons (Fsp3) is 0.588. The summed E-state index contributed by atoms with van der Waals surface area (Å²) in [7, 11) is 0. The summed E-state index contributed by atoms with van der Waals surface area (Å²) in [5.74, 6) is 0.0917. The third kappa shape index (κ3) is 2.75. The fourth-order valence-electron chi connectivity index (χ4n) is 3.88. The van der Waals surface area contributed by atoms with Gasteiger partial charge in [-0.15, -0.1) is 0 Å². The Kier molecular flexibility index (Phi) is 4.45. The summed E-state index contributed by atoms with van der Waals surface area (Å²) < 4.78 is 13.7. The average Bonchev–Trinajstić information content (AvgIpc) is 2.98. The van der Waals surface area contributed by atoms with Crippen molar-refractivity contribution < 1.29 is 14.3 Å². The first kappa shape index (κ1) is 15.4. The quantitative estimate of drug-likeness (QED) is 0.794. The van der Waals surface area contributed by atoms with E-state index in [1.807, 2.05) is 0 Å². The standard InChI is InChI=1S/C17H23FN2O2/c18-15-7-12(4-5-13(15)10-21)8-20-16(22)17-6-2-1-3-14(17)9-19-11-17/h4-5,7,14,19,21H,1-3,6,8-11H2,(H,20,22)/t14-,17+/m0/s1. The second kappa shape index (κ2) is 6.34. The number of nitrogens with one attached hydrogen (secondary N) is 2. The monoisotopic (exact) mass is 306 g/mol. The highest BCUT2D eigenvalue weighted by molar-refractivity contribution is 5.83. The summed E-state index contributed by atoms with van der Waals surface area (Å²) in [5.41, 5.74) is 0.723. The number of carbonyl (C=O) groups is 1. The first-order valence-corrected chi connectivity index (χ1v) is 8.03. The van der Waals surface area contributed by atoms with Crippen LogP contribution in [0.4, 0.5) is 4.39 Å². The van der Waals surface area contributed by atoms with Crippen molar-refractivity contribution in [3.63, 3.8) is 0 Å². The van der Waals surface area contributed by atoms with Gasteiger partial charge in [0.1, 0.15) is 5.82 Å². The molecule has 120 valence electrons. The minimum absolute atomic E-state index is 0.0915. The lowest BCUT2D eigenvalue weighted by Crippen LogP contribution is -2.47. The summed E-state index contributed by atoms with van der Waals surface area (Å²) in [6, 6.07) is 4.70. The van der Waals surface area contributed by atoms with Gasteiger partial charge in [-0.25, -0.2) is 4.39 Å². The number of halogens is 1. The summed E-state index contributed by atoms with van der Waals surface area (Å²) in [6.07, 6.45) is 4.36. The zero-order chi connectivity index (χ0) is 15.6. The van der Waals surface area contributed by atoms with Gasteiger partial charge in [0.2, 0.25) is 5.91 Å². The summed E-state index contributed by atoms with van der Waals surface area (Å²) in [6.45, 7) is 1.69. The lowest BCUT2D eigenvalue weighted by atomic mass is 9.67. The molecule has 0 aromatic heterocycles.